The van der Waals surface area contributed by atoms with Crippen molar-refractivity contribution >= 4 is 11.9 Å². The molecule has 1 amide bonds. The summed E-state index contributed by atoms with van der Waals surface area (Å²) >= 11 is 0. The van der Waals surface area contributed by atoms with E-state index in [-0.39, 0.29) is 11.5 Å². The Morgan fingerprint density at radius 1 is 1.35 bits per heavy atom. The predicted molar refractivity (Wildman–Crippen MR) is 72.8 cm³/mol. The zero-order valence-electron chi connectivity index (χ0n) is 11.0. The smallest absolute Gasteiger partial charge is 0.335 e. The zero-order chi connectivity index (χ0) is 14.5. The molecule has 0 saturated carbocycles. The fourth-order valence-corrected chi connectivity index (χ4v) is 1.81. The van der Waals surface area contributed by atoms with Crippen LogP contribution in [-0.4, -0.2) is 33.7 Å². The number of H-pyrrole nitrogens is 1. The van der Waals surface area contributed by atoms with Crippen molar-refractivity contribution in [2.75, 3.05) is 6.54 Å². The Labute approximate surface area is 115 Å². The summed E-state index contributed by atoms with van der Waals surface area (Å²) in [6.07, 6.45) is 0.566. The van der Waals surface area contributed by atoms with Gasteiger partial charge in [0.25, 0.3) is 5.91 Å². The predicted octanol–water partition coefficient (Wildman–Crippen LogP) is 1.39. The Hall–Kier alpha value is -2.63. The lowest BCUT2D eigenvalue weighted by Crippen LogP contribution is -2.26. The second-order valence-corrected chi connectivity index (χ2v) is 4.45. The monoisotopic (exact) mass is 273 g/mol. The SMILES string of the molecule is Cc1cc(C(=O)NCCc2cccc(C(=O)O)c2)n[nH]1. The van der Waals surface area contributed by atoms with E-state index in [2.05, 4.69) is 15.5 Å². The van der Waals surface area contributed by atoms with Gasteiger partial charge in [0.15, 0.2) is 0 Å². The minimum Gasteiger partial charge on any atom is -0.478 e. The van der Waals surface area contributed by atoms with E-state index in [1.807, 2.05) is 13.0 Å². The van der Waals surface area contributed by atoms with Crippen molar-refractivity contribution in [3.63, 3.8) is 0 Å². The van der Waals surface area contributed by atoms with Gasteiger partial charge in [-0.1, -0.05) is 12.1 Å². The second kappa shape index (κ2) is 6.01. The normalized spacial score (nSPS) is 10.2. The Morgan fingerprint density at radius 3 is 2.80 bits per heavy atom. The van der Waals surface area contributed by atoms with Crippen molar-refractivity contribution in [3.05, 3.63) is 52.8 Å². The highest BCUT2D eigenvalue weighted by atomic mass is 16.4. The summed E-state index contributed by atoms with van der Waals surface area (Å²) in [5, 5.41) is 18.2. The van der Waals surface area contributed by atoms with Crippen LogP contribution in [0.1, 0.15) is 32.1 Å². The molecule has 3 N–H and O–H groups in total. The average Bonchev–Trinajstić information content (AvgIpc) is 2.86. The summed E-state index contributed by atoms with van der Waals surface area (Å²) in [6.45, 7) is 2.25. The van der Waals surface area contributed by atoms with E-state index < -0.39 is 5.97 Å². The largest absolute Gasteiger partial charge is 0.478 e. The van der Waals surface area contributed by atoms with E-state index in [0.717, 1.165) is 11.3 Å². The molecule has 6 heteroatoms. The molecule has 1 aromatic carbocycles. The van der Waals surface area contributed by atoms with Crippen molar-refractivity contribution < 1.29 is 14.7 Å². The molecule has 104 valence electrons. The summed E-state index contributed by atoms with van der Waals surface area (Å²) < 4.78 is 0. The number of nitrogens with zero attached hydrogens (tertiary/aromatic N) is 1. The first-order valence-corrected chi connectivity index (χ1v) is 6.18. The summed E-state index contributed by atoms with van der Waals surface area (Å²) in [7, 11) is 0. The number of hydrogen-bond acceptors (Lipinski definition) is 3. The molecule has 0 atom stereocenters. The second-order valence-electron chi connectivity index (χ2n) is 4.45. The van der Waals surface area contributed by atoms with Crippen LogP contribution in [0.3, 0.4) is 0 Å². The fourth-order valence-electron chi connectivity index (χ4n) is 1.81. The number of aromatic nitrogens is 2. The molecule has 0 bridgehead atoms. The van der Waals surface area contributed by atoms with Crippen molar-refractivity contribution in [1.82, 2.24) is 15.5 Å². The van der Waals surface area contributed by atoms with Gasteiger partial charge < -0.3 is 10.4 Å². The molecule has 0 unspecified atom stereocenters. The van der Waals surface area contributed by atoms with E-state index >= 15 is 0 Å². The number of benzene rings is 1. The molecule has 0 saturated heterocycles. The lowest BCUT2D eigenvalue weighted by molar-refractivity contribution is 0.0696. The number of carboxylic acid groups (broad SMARTS) is 1. The van der Waals surface area contributed by atoms with Gasteiger partial charge in [0.05, 0.1) is 5.56 Å². The van der Waals surface area contributed by atoms with Crippen LogP contribution in [0.5, 0.6) is 0 Å². The van der Waals surface area contributed by atoms with Crippen molar-refractivity contribution in [1.29, 1.82) is 0 Å². The number of carboxylic acids is 1. The molecule has 0 aliphatic carbocycles. The van der Waals surface area contributed by atoms with Crippen LogP contribution in [0.2, 0.25) is 0 Å². The van der Waals surface area contributed by atoms with Gasteiger partial charge in [-0.25, -0.2) is 4.79 Å². The van der Waals surface area contributed by atoms with Crippen LogP contribution in [0.25, 0.3) is 0 Å². The molecule has 0 fully saturated rings. The van der Waals surface area contributed by atoms with Crippen LogP contribution < -0.4 is 5.32 Å². The average molecular weight is 273 g/mol. The maximum atomic E-state index is 11.7. The first-order chi connectivity index (χ1) is 9.56. The Balaban J connectivity index is 1.88. The van der Waals surface area contributed by atoms with Gasteiger partial charge in [-0.2, -0.15) is 5.10 Å². The van der Waals surface area contributed by atoms with Crippen molar-refractivity contribution in [2.45, 2.75) is 13.3 Å². The first kappa shape index (κ1) is 13.8. The highest BCUT2D eigenvalue weighted by Gasteiger charge is 2.08. The number of carbonyl (C=O) groups excluding carboxylic acids is 1. The minimum absolute atomic E-state index is 0.247. The molecule has 0 spiro atoms. The molecule has 0 aliphatic heterocycles. The van der Waals surface area contributed by atoms with E-state index in [9.17, 15) is 9.59 Å². The van der Waals surface area contributed by atoms with Crippen molar-refractivity contribution in [2.24, 2.45) is 0 Å². The molecular weight excluding hydrogens is 258 g/mol. The topological polar surface area (TPSA) is 95.1 Å². The van der Waals surface area contributed by atoms with E-state index in [1.54, 1.807) is 18.2 Å². The molecular formula is C14H15N3O3. The number of aryl methyl sites for hydroxylation is 1. The summed E-state index contributed by atoms with van der Waals surface area (Å²) in [6, 6.07) is 8.33. The molecule has 2 rings (SSSR count). The molecule has 6 nitrogen and oxygen atoms in total. The van der Waals surface area contributed by atoms with Gasteiger partial charge in [-0.05, 0) is 37.1 Å². The molecule has 1 heterocycles. The van der Waals surface area contributed by atoms with Gasteiger partial charge in [-0.3, -0.25) is 9.89 Å². The first-order valence-electron chi connectivity index (χ1n) is 6.18. The maximum Gasteiger partial charge on any atom is 0.335 e. The molecule has 0 aliphatic rings. The number of nitrogens with one attached hydrogen (secondary N) is 2. The number of aromatic carboxylic acids is 1. The van der Waals surface area contributed by atoms with E-state index in [4.69, 9.17) is 5.11 Å². The number of carbonyl (C=O) groups is 2. The van der Waals surface area contributed by atoms with Gasteiger partial charge in [0, 0.05) is 12.2 Å². The highest BCUT2D eigenvalue weighted by Crippen LogP contribution is 2.06. The van der Waals surface area contributed by atoms with Gasteiger partial charge in [0.2, 0.25) is 0 Å². The van der Waals surface area contributed by atoms with Crippen LogP contribution in [0.15, 0.2) is 30.3 Å². The summed E-state index contributed by atoms with van der Waals surface area (Å²) in [5.41, 5.74) is 2.28. The quantitative estimate of drug-likeness (QED) is 0.767. The van der Waals surface area contributed by atoms with Crippen LogP contribution in [0, 0.1) is 6.92 Å². The molecule has 1 aromatic heterocycles. The number of rotatable bonds is 5. The lowest BCUT2D eigenvalue weighted by Gasteiger charge is -2.04. The van der Waals surface area contributed by atoms with Crippen LogP contribution in [-0.2, 0) is 6.42 Å². The minimum atomic E-state index is -0.956. The van der Waals surface area contributed by atoms with Gasteiger partial charge in [0.1, 0.15) is 5.69 Å². The van der Waals surface area contributed by atoms with Gasteiger partial charge >= 0.3 is 5.97 Å². The van der Waals surface area contributed by atoms with E-state index in [1.165, 1.54) is 6.07 Å². The third-order valence-corrected chi connectivity index (χ3v) is 2.81. The number of aromatic amines is 1. The Bertz CT molecular complexity index is 634. The molecule has 2 aromatic rings. The van der Waals surface area contributed by atoms with Crippen LogP contribution in [0.4, 0.5) is 0 Å². The fraction of sp³-hybridized carbons (Fsp3) is 0.214. The van der Waals surface area contributed by atoms with E-state index in [0.29, 0.717) is 18.7 Å². The maximum absolute atomic E-state index is 11.7. The standard InChI is InChI=1S/C14H15N3O3/c1-9-7-12(17-16-9)13(18)15-6-5-10-3-2-4-11(8-10)14(19)20/h2-4,7-8H,5-6H2,1H3,(H,15,18)(H,16,17)(H,19,20). The third-order valence-electron chi connectivity index (χ3n) is 2.81. The summed E-state index contributed by atoms with van der Waals surface area (Å²) in [4.78, 5) is 22.6. The Kier molecular flexibility index (Phi) is 4.14. The number of amides is 1. The molecule has 20 heavy (non-hydrogen) atoms. The summed E-state index contributed by atoms with van der Waals surface area (Å²) in [5.74, 6) is -1.20. The van der Waals surface area contributed by atoms with Gasteiger partial charge in [-0.15, -0.1) is 0 Å². The van der Waals surface area contributed by atoms with Crippen LogP contribution >= 0.6 is 0 Å². The lowest BCUT2D eigenvalue weighted by atomic mass is 10.1. The number of hydrogen-bond donors (Lipinski definition) is 3. The highest BCUT2D eigenvalue weighted by molar-refractivity contribution is 5.92. The zero-order valence-corrected chi connectivity index (χ0v) is 11.0. The molecule has 0 radical (unpaired) electrons. The third kappa shape index (κ3) is 3.44. The van der Waals surface area contributed by atoms with Crippen molar-refractivity contribution in [3.8, 4) is 0 Å². The Morgan fingerprint density at radius 2 is 2.15 bits per heavy atom.